The number of pyridine rings is 4. The first-order chi connectivity index (χ1) is 59.7. The van der Waals surface area contributed by atoms with Gasteiger partial charge in [0.15, 0.2) is 0 Å². The van der Waals surface area contributed by atoms with Gasteiger partial charge in [0.05, 0.1) is 64.6 Å². The Morgan fingerprint density at radius 2 is 0.844 bits per heavy atom. The van der Waals surface area contributed by atoms with E-state index in [1.165, 1.54) is 62.1 Å². The van der Waals surface area contributed by atoms with Gasteiger partial charge in [-0.3, -0.25) is 39.2 Å². The molecule has 4 aromatic carbocycles. The van der Waals surface area contributed by atoms with Crippen LogP contribution in [-0.4, -0.2) is 192 Å². The van der Waals surface area contributed by atoms with Crippen LogP contribution in [0.15, 0.2) is 126 Å². The number of aromatic nitrogens is 4. The summed E-state index contributed by atoms with van der Waals surface area (Å²) in [6, 6.07) is 22.9. The number of methoxy groups -OCH3 is 2. The predicted molar refractivity (Wildman–Crippen MR) is 474 cm³/mol. The molecule has 0 aliphatic carbocycles. The average Bonchev–Trinajstić information content (AvgIpc) is 0.772. The van der Waals surface area contributed by atoms with E-state index in [4.69, 9.17) is 18.9 Å². The minimum Gasteiger partial charge on any atom is -0.468 e. The van der Waals surface area contributed by atoms with Gasteiger partial charge in [-0.05, 0) is 228 Å². The number of carbonyl (C=O) groups is 6. The van der Waals surface area contributed by atoms with Crippen LogP contribution >= 0.6 is 31.9 Å². The monoisotopic (exact) mass is 1940 g/mol. The van der Waals surface area contributed by atoms with Gasteiger partial charge in [0, 0.05) is 145 Å². The highest BCUT2D eigenvalue weighted by atomic mass is 79.9. The summed E-state index contributed by atoms with van der Waals surface area (Å²) in [6.07, 6.45) is -7.88. The Balaban J connectivity index is 0.000000200. The second-order valence-electron chi connectivity index (χ2n) is 35.7. The lowest BCUT2D eigenvalue weighted by molar-refractivity contribution is -0.142. The average molecular weight is 1940 g/mol. The van der Waals surface area contributed by atoms with Crippen LogP contribution in [0.2, 0.25) is 0 Å². The van der Waals surface area contributed by atoms with Crippen LogP contribution in [0.1, 0.15) is 157 Å². The number of carbonyl (C=O) groups excluding carboxylic acids is 6. The molecule has 9 heterocycles. The van der Waals surface area contributed by atoms with Gasteiger partial charge in [0.25, 0.3) is 0 Å². The largest absolute Gasteiger partial charge is 0.468 e. The number of ether oxygens (including phenoxy) is 5. The van der Waals surface area contributed by atoms with Gasteiger partial charge in [-0.2, -0.15) is 52.7 Å². The summed E-state index contributed by atoms with van der Waals surface area (Å²) in [5.74, 6) is 1.13. The number of nitrogens with one attached hydrogen (secondary N) is 3. The van der Waals surface area contributed by atoms with Crippen LogP contribution in [0.5, 0.6) is 0 Å². The highest BCUT2D eigenvalue weighted by Crippen LogP contribution is 2.44. The van der Waals surface area contributed by atoms with Crippen molar-refractivity contribution >= 4 is 129 Å². The number of anilines is 3. The van der Waals surface area contributed by atoms with E-state index in [-0.39, 0.29) is 75.8 Å². The van der Waals surface area contributed by atoms with Gasteiger partial charge in [-0.25, -0.2) is 14.4 Å². The number of alkyl halides is 13. The number of rotatable bonds is 12. The molecule has 702 valence electrons. The number of hydrogen-bond acceptors (Lipinski definition) is 19. The van der Waals surface area contributed by atoms with Crippen LogP contribution in [0.4, 0.5) is 84.1 Å². The zero-order valence-corrected chi connectivity index (χ0v) is 77.6. The topological polar surface area (TPSA) is 252 Å². The van der Waals surface area contributed by atoms with Gasteiger partial charge in [0.1, 0.15) is 28.7 Å². The third-order valence-corrected chi connectivity index (χ3v) is 22.3. The van der Waals surface area contributed by atoms with E-state index in [1.54, 1.807) is 96.1 Å². The van der Waals surface area contributed by atoms with Crippen molar-refractivity contribution in [3.05, 3.63) is 149 Å². The number of benzene rings is 4. The Bertz CT molecular complexity index is 5080. The van der Waals surface area contributed by atoms with Crippen LogP contribution in [0.3, 0.4) is 0 Å². The fourth-order valence-electron chi connectivity index (χ4n) is 15.8. The van der Waals surface area contributed by atoms with Gasteiger partial charge in [0.2, 0.25) is 5.91 Å². The van der Waals surface area contributed by atoms with E-state index < -0.39 is 88.0 Å². The predicted octanol–water partition coefficient (Wildman–Crippen LogP) is 20.7. The minimum absolute atomic E-state index is 0.000220. The normalized spacial score (nSPS) is 19.8. The number of piperidine rings is 4. The lowest BCUT2D eigenvalue weighted by Gasteiger charge is -2.43. The van der Waals surface area contributed by atoms with Crippen molar-refractivity contribution in [1.29, 1.82) is 0 Å². The second-order valence-corrected chi connectivity index (χ2v) is 37.1. The zero-order valence-electron chi connectivity index (χ0n) is 74.4. The maximum Gasteiger partial charge on any atom is 0.418 e. The Hall–Kier alpha value is -9.78. The lowest BCUT2D eigenvalue weighted by Crippen LogP contribution is -2.55. The molecule has 5 fully saturated rings. The van der Waals surface area contributed by atoms with Crippen molar-refractivity contribution in [3.63, 3.8) is 0 Å². The Labute approximate surface area is 754 Å². The third kappa shape index (κ3) is 30.7. The molecule has 3 N–H and O–H groups in total. The molecule has 4 amide bonds. The molecule has 37 heteroatoms. The zero-order chi connectivity index (χ0) is 94.8. The first kappa shape index (κ1) is 104. The molecule has 5 aliphatic rings. The number of likely N-dealkylation sites (tertiary alicyclic amines) is 1. The van der Waals surface area contributed by atoms with Crippen molar-refractivity contribution in [3.8, 4) is 0 Å². The summed E-state index contributed by atoms with van der Waals surface area (Å²) in [5, 5.41) is 11.2. The van der Waals surface area contributed by atoms with Crippen LogP contribution < -0.4 is 30.7 Å². The molecule has 0 radical (unpaired) electrons. The quantitative estimate of drug-likeness (QED) is 0.0445. The SMILES string of the molecule is COC(=O)CBr.COC(=O)CN(C(=O)OC(C)(C)C)[C@@H]1C[C@H](C)CN(c2ccc(C(F)(F)F)c3ncccc23)C1.C[C@@H]1CNC[C@H](NC(=O)OC(C)(C)C)C1.C[C@H]1C[C@@H](CCC(=O)N2CCC2)CN(c2ccc(C(F)(F)F)c3ncccc23)C1.C[C@H]1C[C@@H](NC(=O)OC(C)(C)C)CN(c2ccc(C(F)(F)F)c3ncccc23)C1.FC(F)(F)c1ccc(Br)c2cccnc12. The fourth-order valence-corrected chi connectivity index (χ4v) is 16.5. The molecule has 0 bridgehead atoms. The van der Waals surface area contributed by atoms with E-state index in [1.807, 2.05) is 42.4 Å². The first-order valence-corrected chi connectivity index (χ1v) is 44.0. The number of nitrogens with zero attached hydrogens (tertiary/aromatic N) is 9. The van der Waals surface area contributed by atoms with Crippen LogP contribution in [-0.2, 0) is 62.8 Å². The number of amides is 4. The first-order valence-electron chi connectivity index (χ1n) is 42.1. The molecule has 8 atom stereocenters. The van der Waals surface area contributed by atoms with Gasteiger partial charge >= 0.3 is 54.9 Å². The maximum absolute atomic E-state index is 13.5. The van der Waals surface area contributed by atoms with Crippen molar-refractivity contribution in [2.45, 2.75) is 195 Å². The van der Waals surface area contributed by atoms with E-state index in [2.05, 4.69) is 98.2 Å². The Kier molecular flexibility index (Phi) is 36.2. The molecule has 0 spiro atoms. The molecule has 128 heavy (non-hydrogen) atoms. The minimum atomic E-state index is -4.53. The molecular formula is C91H114Br2F12N12O11. The molecule has 0 unspecified atom stereocenters. The fraction of sp³-hybridized carbons (Fsp3) is 0.538. The summed E-state index contributed by atoms with van der Waals surface area (Å²) < 4.78 is 184. The number of esters is 2. The molecular weight excluding hydrogens is 1820 g/mol. The number of halogens is 14. The summed E-state index contributed by atoms with van der Waals surface area (Å²) in [5.41, 5.74) is -2.87. The summed E-state index contributed by atoms with van der Waals surface area (Å²) in [6.45, 7) is 31.5. The molecule has 0 saturated carbocycles. The number of fused-ring (bicyclic) bond motifs is 4. The second kappa shape index (κ2) is 44.7. The van der Waals surface area contributed by atoms with E-state index in [0.717, 1.165) is 101 Å². The van der Waals surface area contributed by atoms with Crippen molar-refractivity contribution in [2.24, 2.45) is 29.6 Å². The standard InChI is InChI=1S/C24H30F3N3O4.C22H26F3N3O.C21H26F3N3O2.C11H22N2O2.C10H5BrF3N.C3H5BrO2/c1-15-11-16(30(14-20(31)33-5)22(32)34-23(2,3)4)13-29(12-15)19-9-8-18(24(25,26)27)21-17(19)7-6-10-28-21;1-15-12-16(5-8-20(29)27-10-3-11-27)14-28(13-15)19-7-6-18(22(23,24)25)21-17(19)4-2-9-26-21;1-13-10-14(26-19(28)29-20(2,3)4)12-27(11-13)17-8-7-16(21(22,23)24)18-15(17)6-5-9-25-18;1-8-5-9(7-12-6-8)13-10(14)15-11(2,3)4;11-8-4-3-7(10(12,13)14)9-6(8)2-1-5-15-9;1-6-3(5)2-4/h6-10,15-16H,11-14H2,1-5H3;2,4,6-7,9,15-16H,3,5,8,10-14H2,1H3;5-9,13-14H,10-12H2,1-4H3,(H,26,28);8-9,12H,5-7H2,1-4H3,(H,13,14);1-5H;2H2,1H3/t2*15-,16+;13-,14+;8-,9+;;/m0000../s1. The highest BCUT2D eigenvalue weighted by Gasteiger charge is 2.42. The smallest absolute Gasteiger partial charge is 0.418 e. The van der Waals surface area contributed by atoms with E-state index >= 15 is 0 Å². The summed E-state index contributed by atoms with van der Waals surface area (Å²) in [7, 11) is 2.59. The van der Waals surface area contributed by atoms with Crippen molar-refractivity contribution in [1.82, 2.24) is 45.7 Å². The lowest BCUT2D eigenvalue weighted by atomic mass is 9.86. The molecule has 5 saturated heterocycles. The van der Waals surface area contributed by atoms with Gasteiger partial charge < -0.3 is 59.2 Å². The van der Waals surface area contributed by atoms with Gasteiger partial charge in [-0.1, -0.05) is 65.6 Å². The summed E-state index contributed by atoms with van der Waals surface area (Å²) >= 11 is 6.09. The molecule has 13 rings (SSSR count). The third-order valence-electron chi connectivity index (χ3n) is 21.2. The Morgan fingerprint density at radius 1 is 0.461 bits per heavy atom. The van der Waals surface area contributed by atoms with Gasteiger partial charge in [-0.15, -0.1) is 0 Å². The maximum atomic E-state index is 13.5. The van der Waals surface area contributed by atoms with E-state index in [0.29, 0.717) is 94.2 Å². The van der Waals surface area contributed by atoms with E-state index in [9.17, 15) is 81.5 Å². The number of hydrogen-bond donors (Lipinski definition) is 3. The Morgan fingerprint density at radius 3 is 1.23 bits per heavy atom. The van der Waals surface area contributed by atoms with Crippen LogP contribution in [0.25, 0.3) is 43.6 Å². The van der Waals surface area contributed by atoms with Crippen molar-refractivity contribution < 1.29 is 105 Å². The number of alkyl carbamates (subject to hydrolysis) is 2. The van der Waals surface area contributed by atoms with Crippen LogP contribution in [0, 0.1) is 29.6 Å². The summed E-state index contributed by atoms with van der Waals surface area (Å²) in [4.78, 5) is 96.0. The molecule has 23 nitrogen and oxygen atoms in total. The highest BCUT2D eigenvalue weighted by molar-refractivity contribution is 9.10. The van der Waals surface area contributed by atoms with Crippen molar-refractivity contribution in [2.75, 3.05) is 106 Å². The molecule has 4 aromatic heterocycles. The molecule has 8 aromatic rings. The molecule has 5 aliphatic heterocycles.